The summed E-state index contributed by atoms with van der Waals surface area (Å²) in [6, 6.07) is 11.5. The monoisotopic (exact) mass is 401 g/mol. The molecule has 2 rings (SSSR count). The number of nitrogens with one attached hydrogen (secondary N) is 1. The van der Waals surface area contributed by atoms with Crippen molar-refractivity contribution >= 4 is 31.9 Å². The van der Waals surface area contributed by atoms with Gasteiger partial charge in [0.15, 0.2) is 0 Å². The first-order valence-corrected chi connectivity index (χ1v) is 8.80. The Balaban J connectivity index is 1.89. The molecule has 0 atom stereocenters. The molecule has 0 unspecified atom stereocenters. The summed E-state index contributed by atoms with van der Waals surface area (Å²) in [7, 11) is -3.89. The number of esters is 1. The molecule has 2 aromatic rings. The largest absolute Gasteiger partial charge is 0.460 e. The number of hydrogen-bond donors (Lipinski definition) is 1. The number of ether oxygens (including phenoxy) is 1. The van der Waals surface area contributed by atoms with Crippen LogP contribution in [0.15, 0.2) is 57.9 Å². The van der Waals surface area contributed by atoms with Crippen LogP contribution in [0.2, 0.25) is 0 Å². The van der Waals surface area contributed by atoms with E-state index >= 15 is 0 Å². The van der Waals surface area contributed by atoms with Gasteiger partial charge in [0.1, 0.15) is 19.0 Å². The molecule has 0 aliphatic heterocycles. The van der Waals surface area contributed by atoms with Crippen LogP contribution < -0.4 is 4.72 Å². The molecule has 0 spiro atoms. The highest BCUT2D eigenvalue weighted by Crippen LogP contribution is 2.16. The molecule has 0 radical (unpaired) electrons. The fourth-order valence-corrected chi connectivity index (χ4v) is 3.04. The van der Waals surface area contributed by atoms with Gasteiger partial charge < -0.3 is 4.74 Å². The van der Waals surface area contributed by atoms with E-state index in [1.54, 1.807) is 18.2 Å². The average Bonchev–Trinajstić information content (AvgIpc) is 2.53. The first-order chi connectivity index (χ1) is 10.9. The van der Waals surface area contributed by atoms with E-state index in [1.807, 2.05) is 6.07 Å². The van der Waals surface area contributed by atoms with E-state index in [4.69, 9.17) is 4.74 Å². The second kappa shape index (κ2) is 7.67. The topological polar surface area (TPSA) is 72.5 Å². The van der Waals surface area contributed by atoms with Gasteiger partial charge in [-0.25, -0.2) is 12.8 Å². The molecule has 8 heteroatoms. The summed E-state index contributed by atoms with van der Waals surface area (Å²) in [6.07, 6.45) is 0. The van der Waals surface area contributed by atoms with Gasteiger partial charge in [-0.15, -0.1) is 0 Å². The highest BCUT2D eigenvalue weighted by molar-refractivity contribution is 9.10. The molecule has 0 aliphatic carbocycles. The van der Waals surface area contributed by atoms with Gasteiger partial charge in [0.05, 0.1) is 4.90 Å². The molecular formula is C15H13BrFNO4S. The third-order valence-electron chi connectivity index (χ3n) is 2.88. The molecule has 0 aromatic heterocycles. The summed E-state index contributed by atoms with van der Waals surface area (Å²) >= 11 is 3.32. The molecule has 2 aromatic carbocycles. The van der Waals surface area contributed by atoms with Crippen LogP contribution in [0.3, 0.4) is 0 Å². The SMILES string of the molecule is O=C(CNS(=O)(=O)c1ccc(F)cc1)OCc1ccccc1Br. The first-order valence-electron chi connectivity index (χ1n) is 6.53. The first kappa shape index (κ1) is 17.6. The number of hydrogen-bond acceptors (Lipinski definition) is 4. The Kier molecular flexibility index (Phi) is 5.86. The van der Waals surface area contributed by atoms with Gasteiger partial charge in [-0.2, -0.15) is 4.72 Å². The Bertz CT molecular complexity index is 793. The summed E-state index contributed by atoms with van der Waals surface area (Å²) in [5, 5.41) is 0. The zero-order valence-corrected chi connectivity index (χ0v) is 14.2. The Morgan fingerprint density at radius 3 is 2.43 bits per heavy atom. The predicted octanol–water partition coefficient (Wildman–Crippen LogP) is 2.61. The maximum absolute atomic E-state index is 12.8. The van der Waals surface area contributed by atoms with Crippen LogP contribution in [0.5, 0.6) is 0 Å². The van der Waals surface area contributed by atoms with Gasteiger partial charge in [-0.3, -0.25) is 4.79 Å². The third kappa shape index (κ3) is 5.12. The molecule has 23 heavy (non-hydrogen) atoms. The van der Waals surface area contributed by atoms with Crippen molar-refractivity contribution in [2.24, 2.45) is 0 Å². The lowest BCUT2D eigenvalue weighted by Crippen LogP contribution is -2.30. The maximum Gasteiger partial charge on any atom is 0.321 e. The molecule has 122 valence electrons. The second-order valence-corrected chi connectivity index (χ2v) is 7.15. The van der Waals surface area contributed by atoms with Crippen molar-refractivity contribution in [3.05, 3.63) is 64.4 Å². The van der Waals surface area contributed by atoms with Crippen molar-refractivity contribution in [1.82, 2.24) is 4.72 Å². The normalized spacial score (nSPS) is 11.2. The van der Waals surface area contributed by atoms with Crippen LogP contribution in [0, 0.1) is 5.82 Å². The zero-order valence-electron chi connectivity index (χ0n) is 11.8. The van der Waals surface area contributed by atoms with E-state index in [0.717, 1.165) is 34.3 Å². The average molecular weight is 402 g/mol. The summed E-state index contributed by atoms with van der Waals surface area (Å²) in [5.74, 6) is -1.26. The van der Waals surface area contributed by atoms with E-state index < -0.39 is 28.4 Å². The van der Waals surface area contributed by atoms with Gasteiger partial charge in [0.2, 0.25) is 10.0 Å². The standard InChI is InChI=1S/C15H13BrFNO4S/c16-14-4-2-1-3-11(14)10-22-15(19)9-18-23(20,21)13-7-5-12(17)6-8-13/h1-8,18H,9-10H2. The van der Waals surface area contributed by atoms with Crippen molar-refractivity contribution in [2.75, 3.05) is 6.54 Å². The van der Waals surface area contributed by atoms with Gasteiger partial charge in [0, 0.05) is 10.0 Å². The Labute approximate surface area is 141 Å². The van der Waals surface area contributed by atoms with Crippen LogP contribution in [0.4, 0.5) is 4.39 Å². The van der Waals surface area contributed by atoms with Crippen LogP contribution in [-0.4, -0.2) is 20.9 Å². The smallest absolute Gasteiger partial charge is 0.321 e. The molecule has 0 heterocycles. The molecule has 0 saturated carbocycles. The van der Waals surface area contributed by atoms with Crippen molar-refractivity contribution in [1.29, 1.82) is 0 Å². The van der Waals surface area contributed by atoms with E-state index in [0.29, 0.717) is 0 Å². The summed E-state index contributed by atoms with van der Waals surface area (Å²) < 4.78 is 44.5. The summed E-state index contributed by atoms with van der Waals surface area (Å²) in [6.45, 7) is -0.483. The zero-order chi connectivity index (χ0) is 16.9. The Morgan fingerprint density at radius 2 is 1.78 bits per heavy atom. The molecule has 0 saturated heterocycles. The summed E-state index contributed by atoms with van der Waals surface area (Å²) in [4.78, 5) is 11.5. The van der Waals surface area contributed by atoms with Crippen molar-refractivity contribution in [3.8, 4) is 0 Å². The minimum Gasteiger partial charge on any atom is -0.460 e. The minimum atomic E-state index is -3.89. The number of carbonyl (C=O) groups is 1. The quantitative estimate of drug-likeness (QED) is 0.755. The second-order valence-electron chi connectivity index (χ2n) is 4.53. The fraction of sp³-hybridized carbons (Fsp3) is 0.133. The van der Waals surface area contributed by atoms with Gasteiger partial charge in [-0.1, -0.05) is 34.1 Å². The molecular weight excluding hydrogens is 389 g/mol. The molecule has 0 amide bonds. The number of benzene rings is 2. The highest BCUT2D eigenvalue weighted by atomic mass is 79.9. The lowest BCUT2D eigenvalue weighted by Gasteiger charge is -2.08. The van der Waals surface area contributed by atoms with E-state index in [2.05, 4.69) is 20.7 Å². The fourth-order valence-electron chi connectivity index (χ4n) is 1.68. The van der Waals surface area contributed by atoms with E-state index in [1.165, 1.54) is 0 Å². The molecule has 0 bridgehead atoms. The number of sulfonamides is 1. The summed E-state index contributed by atoms with van der Waals surface area (Å²) in [5.41, 5.74) is 0.766. The van der Waals surface area contributed by atoms with Crippen molar-refractivity contribution < 1.29 is 22.3 Å². The Hall–Kier alpha value is -1.77. The predicted molar refractivity (Wildman–Crippen MR) is 85.5 cm³/mol. The van der Waals surface area contributed by atoms with Crippen molar-refractivity contribution in [2.45, 2.75) is 11.5 Å². The number of halogens is 2. The highest BCUT2D eigenvalue weighted by Gasteiger charge is 2.16. The lowest BCUT2D eigenvalue weighted by atomic mass is 10.2. The number of rotatable bonds is 6. The van der Waals surface area contributed by atoms with Gasteiger partial charge in [-0.05, 0) is 30.3 Å². The van der Waals surface area contributed by atoms with Gasteiger partial charge >= 0.3 is 5.97 Å². The Morgan fingerprint density at radius 1 is 1.13 bits per heavy atom. The van der Waals surface area contributed by atoms with Crippen LogP contribution in [-0.2, 0) is 26.2 Å². The number of carbonyl (C=O) groups excluding carboxylic acids is 1. The molecule has 1 N–H and O–H groups in total. The minimum absolute atomic E-state index is 0.0263. The lowest BCUT2D eigenvalue weighted by molar-refractivity contribution is -0.143. The molecule has 0 fully saturated rings. The van der Waals surface area contributed by atoms with E-state index in [-0.39, 0.29) is 11.5 Å². The van der Waals surface area contributed by atoms with Gasteiger partial charge in [0.25, 0.3) is 0 Å². The van der Waals surface area contributed by atoms with Crippen LogP contribution in [0.1, 0.15) is 5.56 Å². The van der Waals surface area contributed by atoms with Crippen molar-refractivity contribution in [3.63, 3.8) is 0 Å². The third-order valence-corrected chi connectivity index (χ3v) is 5.07. The molecule has 5 nitrogen and oxygen atoms in total. The maximum atomic E-state index is 12.8. The molecule has 0 aliphatic rings. The van der Waals surface area contributed by atoms with Crippen LogP contribution >= 0.6 is 15.9 Å². The van der Waals surface area contributed by atoms with E-state index in [9.17, 15) is 17.6 Å². The van der Waals surface area contributed by atoms with Crippen LogP contribution in [0.25, 0.3) is 0 Å².